The van der Waals surface area contributed by atoms with E-state index in [2.05, 4.69) is 38.6 Å². The number of nitrogens with zero attached hydrogens (tertiary/aromatic N) is 2. The van der Waals surface area contributed by atoms with Gasteiger partial charge in [0.15, 0.2) is 0 Å². The Labute approximate surface area is 102 Å². The van der Waals surface area contributed by atoms with Gasteiger partial charge >= 0.3 is 0 Å². The molecule has 0 aliphatic rings. The van der Waals surface area contributed by atoms with Gasteiger partial charge in [0, 0.05) is 15.2 Å². The lowest BCUT2D eigenvalue weighted by Crippen LogP contribution is -1.97. The average Bonchev–Trinajstić information content (AvgIpc) is 2.16. The van der Waals surface area contributed by atoms with Crippen LogP contribution in [0.15, 0.2) is 30.3 Å². The summed E-state index contributed by atoms with van der Waals surface area (Å²) in [6, 6.07) is 9.93. The molecule has 0 spiro atoms. The molecule has 2 N–H and O–H groups in total. The molecule has 0 unspecified atom stereocenters. The second kappa shape index (κ2) is 4.14. The molecule has 76 valence electrons. The molecule has 4 heteroatoms. The number of hydrogen-bond acceptors (Lipinski definition) is 3. The van der Waals surface area contributed by atoms with Crippen molar-refractivity contribution in [2.75, 3.05) is 5.73 Å². The van der Waals surface area contributed by atoms with Gasteiger partial charge in [-0.05, 0) is 41.6 Å². The van der Waals surface area contributed by atoms with E-state index in [9.17, 15) is 0 Å². The lowest BCUT2D eigenvalue weighted by Gasteiger charge is -2.03. The molecular formula is C11H10IN3. The van der Waals surface area contributed by atoms with Gasteiger partial charge in [0.25, 0.3) is 0 Å². The summed E-state index contributed by atoms with van der Waals surface area (Å²) in [6.07, 6.45) is 0. The van der Waals surface area contributed by atoms with Crippen LogP contribution in [0.1, 0.15) is 5.82 Å². The van der Waals surface area contributed by atoms with Gasteiger partial charge in [0.1, 0.15) is 11.6 Å². The molecule has 1 aromatic heterocycles. The summed E-state index contributed by atoms with van der Waals surface area (Å²) in [6.45, 7) is 1.84. The second-order valence-corrected chi connectivity index (χ2v) is 4.48. The minimum Gasteiger partial charge on any atom is -0.384 e. The van der Waals surface area contributed by atoms with Crippen molar-refractivity contribution in [3.8, 4) is 11.3 Å². The second-order valence-electron chi connectivity index (χ2n) is 3.24. The van der Waals surface area contributed by atoms with E-state index in [4.69, 9.17) is 5.73 Å². The van der Waals surface area contributed by atoms with Gasteiger partial charge in [-0.2, -0.15) is 0 Å². The van der Waals surface area contributed by atoms with E-state index in [1.54, 1.807) is 6.07 Å². The molecule has 0 bridgehead atoms. The average molecular weight is 311 g/mol. The largest absolute Gasteiger partial charge is 0.384 e. The summed E-state index contributed by atoms with van der Waals surface area (Å²) >= 11 is 2.27. The predicted molar refractivity (Wildman–Crippen MR) is 69.3 cm³/mol. The highest BCUT2D eigenvalue weighted by atomic mass is 127. The lowest BCUT2D eigenvalue weighted by molar-refractivity contribution is 1.07. The van der Waals surface area contributed by atoms with Crippen LogP contribution in [0.5, 0.6) is 0 Å². The topological polar surface area (TPSA) is 51.8 Å². The quantitative estimate of drug-likeness (QED) is 0.824. The number of nitrogen functional groups attached to an aromatic ring is 1. The van der Waals surface area contributed by atoms with Gasteiger partial charge < -0.3 is 5.73 Å². The highest BCUT2D eigenvalue weighted by molar-refractivity contribution is 14.1. The van der Waals surface area contributed by atoms with E-state index in [-0.39, 0.29) is 0 Å². The molecule has 0 saturated carbocycles. The van der Waals surface area contributed by atoms with Crippen LogP contribution < -0.4 is 5.73 Å². The Kier molecular flexibility index (Phi) is 2.86. The summed E-state index contributed by atoms with van der Waals surface area (Å²) < 4.78 is 1.18. The fourth-order valence-corrected chi connectivity index (χ4v) is 1.93. The van der Waals surface area contributed by atoms with Crippen molar-refractivity contribution in [1.82, 2.24) is 9.97 Å². The first-order valence-corrected chi connectivity index (χ1v) is 5.60. The first-order valence-electron chi connectivity index (χ1n) is 4.52. The first kappa shape index (κ1) is 10.4. The van der Waals surface area contributed by atoms with Gasteiger partial charge in [-0.25, -0.2) is 9.97 Å². The van der Waals surface area contributed by atoms with E-state index >= 15 is 0 Å². The monoisotopic (exact) mass is 311 g/mol. The Morgan fingerprint density at radius 3 is 2.67 bits per heavy atom. The molecule has 1 heterocycles. The number of hydrogen-bond donors (Lipinski definition) is 1. The molecule has 0 aliphatic carbocycles. The van der Waals surface area contributed by atoms with Gasteiger partial charge in [0.05, 0.1) is 5.69 Å². The van der Waals surface area contributed by atoms with Gasteiger partial charge in [-0.3, -0.25) is 0 Å². The van der Waals surface area contributed by atoms with Crippen molar-refractivity contribution in [2.24, 2.45) is 0 Å². The smallest absolute Gasteiger partial charge is 0.128 e. The van der Waals surface area contributed by atoms with E-state index in [0.29, 0.717) is 11.6 Å². The number of anilines is 1. The molecule has 0 aliphatic heterocycles. The number of aryl methyl sites for hydroxylation is 1. The zero-order valence-corrected chi connectivity index (χ0v) is 10.4. The minimum absolute atomic E-state index is 0.511. The fourth-order valence-electron chi connectivity index (χ4n) is 1.39. The molecular weight excluding hydrogens is 301 g/mol. The third-order valence-electron chi connectivity index (χ3n) is 1.98. The Morgan fingerprint density at radius 1 is 1.20 bits per heavy atom. The minimum atomic E-state index is 0.511. The maximum Gasteiger partial charge on any atom is 0.128 e. The molecule has 0 radical (unpaired) electrons. The maximum absolute atomic E-state index is 5.68. The van der Waals surface area contributed by atoms with Gasteiger partial charge in [0.2, 0.25) is 0 Å². The van der Waals surface area contributed by atoms with Crippen molar-refractivity contribution in [3.63, 3.8) is 0 Å². The van der Waals surface area contributed by atoms with Crippen LogP contribution in [0.2, 0.25) is 0 Å². The number of rotatable bonds is 1. The van der Waals surface area contributed by atoms with Crippen LogP contribution in [0, 0.1) is 10.5 Å². The molecule has 0 fully saturated rings. The SMILES string of the molecule is Cc1nc(N)cc(-c2cccc(I)c2)n1. The number of aromatic nitrogens is 2. The summed E-state index contributed by atoms with van der Waals surface area (Å²) in [7, 11) is 0. The van der Waals surface area contributed by atoms with Crippen molar-refractivity contribution >= 4 is 28.4 Å². The van der Waals surface area contributed by atoms with E-state index in [0.717, 1.165) is 11.3 Å². The molecule has 0 atom stereocenters. The molecule has 0 amide bonds. The van der Waals surface area contributed by atoms with Crippen LogP contribution in [-0.2, 0) is 0 Å². The third-order valence-corrected chi connectivity index (χ3v) is 2.65. The van der Waals surface area contributed by atoms with Crippen LogP contribution in [-0.4, -0.2) is 9.97 Å². The fraction of sp³-hybridized carbons (Fsp3) is 0.0909. The molecule has 1 aromatic carbocycles. The van der Waals surface area contributed by atoms with E-state index in [1.807, 2.05) is 25.1 Å². The van der Waals surface area contributed by atoms with Gasteiger partial charge in [-0.15, -0.1) is 0 Å². The van der Waals surface area contributed by atoms with Crippen molar-refractivity contribution < 1.29 is 0 Å². The van der Waals surface area contributed by atoms with Crippen molar-refractivity contribution in [2.45, 2.75) is 6.92 Å². The Bertz CT molecular complexity index is 477. The van der Waals surface area contributed by atoms with Crippen molar-refractivity contribution in [1.29, 1.82) is 0 Å². The summed E-state index contributed by atoms with van der Waals surface area (Å²) in [5.41, 5.74) is 7.62. The van der Waals surface area contributed by atoms with Crippen LogP contribution in [0.3, 0.4) is 0 Å². The van der Waals surface area contributed by atoms with E-state index < -0.39 is 0 Å². The van der Waals surface area contributed by atoms with Gasteiger partial charge in [-0.1, -0.05) is 12.1 Å². The van der Waals surface area contributed by atoms with Crippen LogP contribution in [0.4, 0.5) is 5.82 Å². The van der Waals surface area contributed by atoms with E-state index in [1.165, 1.54) is 3.57 Å². The maximum atomic E-state index is 5.68. The molecule has 3 nitrogen and oxygen atoms in total. The normalized spacial score (nSPS) is 10.3. The summed E-state index contributed by atoms with van der Waals surface area (Å²) in [4.78, 5) is 8.40. The summed E-state index contributed by atoms with van der Waals surface area (Å²) in [5, 5.41) is 0. The first-order chi connectivity index (χ1) is 7.15. The summed E-state index contributed by atoms with van der Waals surface area (Å²) in [5.74, 6) is 1.21. The number of benzene rings is 1. The Morgan fingerprint density at radius 2 is 2.00 bits per heavy atom. The highest BCUT2D eigenvalue weighted by Crippen LogP contribution is 2.20. The lowest BCUT2D eigenvalue weighted by atomic mass is 10.1. The molecule has 0 saturated heterocycles. The van der Waals surface area contributed by atoms with Crippen LogP contribution in [0.25, 0.3) is 11.3 Å². The third kappa shape index (κ3) is 2.44. The highest BCUT2D eigenvalue weighted by Gasteiger charge is 2.02. The zero-order chi connectivity index (χ0) is 10.8. The van der Waals surface area contributed by atoms with Crippen LogP contribution >= 0.6 is 22.6 Å². The molecule has 2 aromatic rings. The Balaban J connectivity index is 2.54. The Hall–Kier alpha value is -1.17. The number of nitrogens with two attached hydrogens (primary N) is 1. The zero-order valence-electron chi connectivity index (χ0n) is 8.24. The number of halogens is 1. The molecule has 2 rings (SSSR count). The predicted octanol–water partition coefficient (Wildman–Crippen LogP) is 2.64. The molecule has 15 heavy (non-hydrogen) atoms. The van der Waals surface area contributed by atoms with Crippen molar-refractivity contribution in [3.05, 3.63) is 39.7 Å². The standard InChI is InChI=1S/C11H10IN3/c1-7-14-10(6-11(13)15-7)8-3-2-4-9(12)5-8/h2-6H,1H3,(H2,13,14,15).